The van der Waals surface area contributed by atoms with Gasteiger partial charge in [0.2, 0.25) is 5.89 Å². The fourth-order valence-corrected chi connectivity index (χ4v) is 3.09. The lowest BCUT2D eigenvalue weighted by molar-refractivity contribution is 0.588. The normalized spacial score (nSPS) is 10.8. The average Bonchev–Trinajstić information content (AvgIpc) is 3.15. The third-order valence-corrected chi connectivity index (χ3v) is 4.77. The van der Waals surface area contributed by atoms with Gasteiger partial charge in [-0.2, -0.15) is 0 Å². The average molecular weight is 362 g/mol. The SMILES string of the molecule is CSc1ccc(-c2nc(-c3ccncc3)c(-c3ccc(F)cc3)o2)cc1. The Hall–Kier alpha value is -2.92. The summed E-state index contributed by atoms with van der Waals surface area (Å²) in [5, 5.41) is 0. The number of pyridine rings is 1. The minimum Gasteiger partial charge on any atom is -0.435 e. The summed E-state index contributed by atoms with van der Waals surface area (Å²) in [6.45, 7) is 0. The molecule has 0 N–H and O–H groups in total. The van der Waals surface area contributed by atoms with Crippen molar-refractivity contribution in [3.63, 3.8) is 0 Å². The van der Waals surface area contributed by atoms with Crippen molar-refractivity contribution in [2.24, 2.45) is 0 Å². The van der Waals surface area contributed by atoms with Crippen LogP contribution in [0.3, 0.4) is 0 Å². The largest absolute Gasteiger partial charge is 0.435 e. The van der Waals surface area contributed by atoms with E-state index in [1.165, 1.54) is 17.0 Å². The van der Waals surface area contributed by atoms with Crippen molar-refractivity contribution in [2.45, 2.75) is 4.90 Å². The van der Waals surface area contributed by atoms with E-state index >= 15 is 0 Å². The van der Waals surface area contributed by atoms with Crippen molar-refractivity contribution in [1.29, 1.82) is 0 Å². The van der Waals surface area contributed by atoms with Crippen LogP contribution in [0.4, 0.5) is 4.39 Å². The molecular weight excluding hydrogens is 347 g/mol. The molecule has 2 heterocycles. The first-order valence-corrected chi connectivity index (χ1v) is 9.28. The van der Waals surface area contributed by atoms with Gasteiger partial charge in [-0.15, -0.1) is 11.8 Å². The molecule has 0 aliphatic heterocycles. The zero-order valence-electron chi connectivity index (χ0n) is 14.0. The molecule has 128 valence electrons. The quantitative estimate of drug-likeness (QED) is 0.422. The number of thioether (sulfide) groups is 1. The van der Waals surface area contributed by atoms with Gasteiger partial charge in [0.15, 0.2) is 5.76 Å². The molecule has 0 saturated heterocycles. The van der Waals surface area contributed by atoms with E-state index in [4.69, 9.17) is 9.40 Å². The molecular formula is C21H15FN2OS. The Labute approximate surface area is 154 Å². The summed E-state index contributed by atoms with van der Waals surface area (Å²) in [6.07, 6.45) is 5.46. The minimum absolute atomic E-state index is 0.286. The molecule has 0 atom stereocenters. The van der Waals surface area contributed by atoms with E-state index in [2.05, 4.69) is 4.98 Å². The maximum Gasteiger partial charge on any atom is 0.227 e. The molecule has 2 aromatic carbocycles. The van der Waals surface area contributed by atoms with E-state index in [0.29, 0.717) is 17.3 Å². The lowest BCUT2D eigenvalue weighted by Gasteiger charge is -2.01. The monoisotopic (exact) mass is 362 g/mol. The zero-order chi connectivity index (χ0) is 17.9. The predicted molar refractivity (Wildman–Crippen MR) is 102 cm³/mol. The number of halogens is 1. The Bertz CT molecular complexity index is 1010. The smallest absolute Gasteiger partial charge is 0.227 e. The Morgan fingerprint density at radius 1 is 0.808 bits per heavy atom. The van der Waals surface area contributed by atoms with Gasteiger partial charge in [0.05, 0.1) is 0 Å². The molecule has 0 radical (unpaired) electrons. The number of hydrogen-bond donors (Lipinski definition) is 0. The highest BCUT2D eigenvalue weighted by Crippen LogP contribution is 2.36. The van der Waals surface area contributed by atoms with Crippen molar-refractivity contribution in [3.8, 4) is 34.0 Å². The van der Waals surface area contributed by atoms with Gasteiger partial charge < -0.3 is 4.42 Å². The molecule has 2 aromatic heterocycles. The number of rotatable bonds is 4. The van der Waals surface area contributed by atoms with Crippen LogP contribution in [0.25, 0.3) is 34.0 Å². The van der Waals surface area contributed by atoms with Crippen molar-refractivity contribution < 1.29 is 8.81 Å². The Morgan fingerprint density at radius 2 is 1.46 bits per heavy atom. The van der Waals surface area contributed by atoms with Crippen LogP contribution in [0, 0.1) is 5.82 Å². The van der Waals surface area contributed by atoms with Crippen LogP contribution in [-0.2, 0) is 0 Å². The van der Waals surface area contributed by atoms with Gasteiger partial charge in [-0.3, -0.25) is 4.98 Å². The Balaban J connectivity index is 1.85. The third kappa shape index (κ3) is 3.26. The van der Waals surface area contributed by atoms with Gasteiger partial charge in [0.25, 0.3) is 0 Å². The van der Waals surface area contributed by atoms with E-state index in [0.717, 1.165) is 16.7 Å². The van der Waals surface area contributed by atoms with Crippen LogP contribution < -0.4 is 0 Å². The highest BCUT2D eigenvalue weighted by molar-refractivity contribution is 7.98. The number of benzene rings is 2. The maximum absolute atomic E-state index is 13.3. The fraction of sp³-hybridized carbons (Fsp3) is 0.0476. The summed E-state index contributed by atoms with van der Waals surface area (Å²) in [5.74, 6) is 0.857. The molecule has 0 bridgehead atoms. The number of nitrogens with zero attached hydrogens (tertiary/aromatic N) is 2. The Morgan fingerprint density at radius 3 is 2.12 bits per heavy atom. The fourth-order valence-electron chi connectivity index (χ4n) is 2.68. The van der Waals surface area contributed by atoms with Crippen molar-refractivity contribution >= 4 is 11.8 Å². The maximum atomic E-state index is 13.3. The van der Waals surface area contributed by atoms with Gasteiger partial charge in [0, 0.05) is 34.0 Å². The van der Waals surface area contributed by atoms with Gasteiger partial charge >= 0.3 is 0 Å². The first-order chi connectivity index (χ1) is 12.7. The summed E-state index contributed by atoms with van der Waals surface area (Å²) in [4.78, 5) is 9.94. The summed E-state index contributed by atoms with van der Waals surface area (Å²) in [7, 11) is 0. The van der Waals surface area contributed by atoms with Gasteiger partial charge in [-0.1, -0.05) is 0 Å². The zero-order valence-corrected chi connectivity index (χ0v) is 14.8. The molecule has 5 heteroatoms. The van der Waals surface area contributed by atoms with E-state index < -0.39 is 0 Å². The standard InChI is InChI=1S/C21H15FN2OS/c1-26-18-8-4-16(5-9-18)21-24-19(14-10-12-23-13-11-14)20(25-21)15-2-6-17(22)7-3-15/h2-13H,1H3. The number of hydrogen-bond acceptors (Lipinski definition) is 4. The van der Waals surface area contributed by atoms with Crippen molar-refractivity contribution in [2.75, 3.05) is 6.26 Å². The molecule has 4 aromatic rings. The number of oxazole rings is 1. The lowest BCUT2D eigenvalue weighted by Crippen LogP contribution is -1.84. The van der Waals surface area contributed by atoms with Crippen molar-refractivity contribution in [3.05, 3.63) is 78.9 Å². The second-order valence-corrected chi connectivity index (χ2v) is 6.55. The predicted octanol–water partition coefficient (Wildman–Crippen LogP) is 5.93. The molecule has 26 heavy (non-hydrogen) atoms. The second kappa shape index (κ2) is 7.14. The van der Waals surface area contributed by atoms with Crippen LogP contribution in [0.15, 0.2) is 82.4 Å². The number of aromatic nitrogens is 2. The highest BCUT2D eigenvalue weighted by atomic mass is 32.2. The van der Waals surface area contributed by atoms with Gasteiger partial charge in [0.1, 0.15) is 11.5 Å². The molecule has 0 aliphatic carbocycles. The van der Waals surface area contributed by atoms with Gasteiger partial charge in [-0.05, 0) is 66.9 Å². The third-order valence-electron chi connectivity index (χ3n) is 4.02. The van der Waals surface area contributed by atoms with E-state index in [1.54, 1.807) is 36.3 Å². The van der Waals surface area contributed by atoms with Crippen LogP contribution in [0.1, 0.15) is 0 Å². The van der Waals surface area contributed by atoms with E-state index in [9.17, 15) is 4.39 Å². The molecule has 0 aliphatic rings. The molecule has 0 fully saturated rings. The van der Waals surface area contributed by atoms with Crippen LogP contribution in [-0.4, -0.2) is 16.2 Å². The first kappa shape index (κ1) is 16.5. The molecule has 0 amide bonds. The van der Waals surface area contributed by atoms with Crippen molar-refractivity contribution in [1.82, 2.24) is 9.97 Å². The molecule has 0 saturated carbocycles. The van der Waals surface area contributed by atoms with E-state index in [1.807, 2.05) is 42.7 Å². The lowest BCUT2D eigenvalue weighted by atomic mass is 10.1. The van der Waals surface area contributed by atoms with E-state index in [-0.39, 0.29) is 5.82 Å². The highest BCUT2D eigenvalue weighted by Gasteiger charge is 2.18. The summed E-state index contributed by atoms with van der Waals surface area (Å²) in [5.41, 5.74) is 3.28. The minimum atomic E-state index is -0.286. The van der Waals surface area contributed by atoms with Crippen LogP contribution in [0.5, 0.6) is 0 Å². The van der Waals surface area contributed by atoms with Gasteiger partial charge in [-0.25, -0.2) is 9.37 Å². The molecule has 0 spiro atoms. The summed E-state index contributed by atoms with van der Waals surface area (Å²) >= 11 is 1.68. The molecule has 3 nitrogen and oxygen atoms in total. The topological polar surface area (TPSA) is 38.9 Å². The summed E-state index contributed by atoms with van der Waals surface area (Å²) < 4.78 is 19.4. The van der Waals surface area contributed by atoms with Crippen LogP contribution >= 0.6 is 11.8 Å². The first-order valence-electron chi connectivity index (χ1n) is 8.06. The second-order valence-electron chi connectivity index (χ2n) is 5.67. The molecule has 4 rings (SSSR count). The Kier molecular flexibility index (Phi) is 4.54. The van der Waals surface area contributed by atoms with Crippen LogP contribution in [0.2, 0.25) is 0 Å². The molecule has 0 unspecified atom stereocenters. The summed E-state index contributed by atoms with van der Waals surface area (Å²) in [6, 6.07) is 18.0.